The van der Waals surface area contributed by atoms with Gasteiger partial charge in [-0.2, -0.15) is 0 Å². The maximum absolute atomic E-state index is 11.5. The van der Waals surface area contributed by atoms with Gasteiger partial charge in [0.25, 0.3) is 5.22 Å². The summed E-state index contributed by atoms with van der Waals surface area (Å²) in [5.74, 6) is 0.719. The third kappa shape index (κ3) is 4.88. The fraction of sp³-hybridized carbons (Fsp3) is 0.286. The Morgan fingerprint density at radius 1 is 1.12 bits per heavy atom. The van der Waals surface area contributed by atoms with Crippen LogP contribution in [-0.4, -0.2) is 42.0 Å². The molecule has 0 fully saturated rings. The van der Waals surface area contributed by atoms with Crippen LogP contribution in [0.3, 0.4) is 0 Å². The minimum atomic E-state index is -0.391. The van der Waals surface area contributed by atoms with E-state index in [2.05, 4.69) is 21.0 Å². The molecule has 0 aliphatic rings. The summed E-state index contributed by atoms with van der Waals surface area (Å²) in [5, 5.41) is 8.03. The second-order valence-corrected chi connectivity index (χ2v) is 5.42. The average Bonchev–Trinajstić information content (AvgIpc) is 3.06. The summed E-state index contributed by atoms with van der Waals surface area (Å²) in [6.45, 7) is 1.29. The summed E-state index contributed by atoms with van der Waals surface area (Å²) in [5.41, 5.74) is 5.06. The van der Waals surface area contributed by atoms with E-state index >= 15 is 0 Å². The van der Waals surface area contributed by atoms with E-state index in [0.717, 1.165) is 11.8 Å². The molecule has 0 radical (unpaired) electrons. The molecule has 10 heteroatoms. The molecule has 128 valence electrons. The highest BCUT2D eigenvalue weighted by Crippen LogP contribution is 2.30. The van der Waals surface area contributed by atoms with Gasteiger partial charge in [-0.3, -0.25) is 20.4 Å². The fourth-order valence-electron chi connectivity index (χ4n) is 1.64. The van der Waals surface area contributed by atoms with Gasteiger partial charge in [-0.15, -0.1) is 10.2 Å². The number of rotatable bonds is 6. The molecule has 1 aromatic heterocycles. The first-order valence-electron chi connectivity index (χ1n) is 6.77. The summed E-state index contributed by atoms with van der Waals surface area (Å²) in [7, 11) is 3.09. The van der Waals surface area contributed by atoms with Crippen LogP contribution in [0.5, 0.6) is 11.5 Å². The van der Waals surface area contributed by atoms with E-state index in [1.54, 1.807) is 32.4 Å². The highest BCUT2D eigenvalue weighted by atomic mass is 32.2. The number of hydrazine groups is 1. The lowest BCUT2D eigenvalue weighted by atomic mass is 10.2. The molecule has 1 aromatic carbocycles. The topological polar surface area (TPSA) is 116 Å². The molecule has 0 spiro atoms. The van der Waals surface area contributed by atoms with Crippen molar-refractivity contribution < 1.29 is 23.5 Å². The zero-order valence-electron chi connectivity index (χ0n) is 13.3. The van der Waals surface area contributed by atoms with Gasteiger partial charge in [-0.1, -0.05) is 11.8 Å². The van der Waals surface area contributed by atoms with Crippen LogP contribution in [0, 0.1) is 0 Å². The van der Waals surface area contributed by atoms with Crippen LogP contribution >= 0.6 is 11.8 Å². The Hall–Kier alpha value is -2.75. The largest absolute Gasteiger partial charge is 0.497 e. The minimum absolute atomic E-state index is 0.0172. The van der Waals surface area contributed by atoms with Crippen LogP contribution in [0.25, 0.3) is 11.5 Å². The van der Waals surface area contributed by atoms with Gasteiger partial charge in [-0.25, -0.2) is 0 Å². The first kappa shape index (κ1) is 17.6. The van der Waals surface area contributed by atoms with E-state index in [1.807, 2.05) is 0 Å². The molecule has 2 aromatic rings. The van der Waals surface area contributed by atoms with Gasteiger partial charge >= 0.3 is 0 Å². The Kier molecular flexibility index (Phi) is 6.01. The predicted molar refractivity (Wildman–Crippen MR) is 85.5 cm³/mol. The smallest absolute Gasteiger partial charge is 0.277 e. The number of methoxy groups -OCH3 is 2. The van der Waals surface area contributed by atoms with Crippen LogP contribution < -0.4 is 20.3 Å². The molecule has 0 aliphatic carbocycles. The van der Waals surface area contributed by atoms with Crippen LogP contribution in [0.4, 0.5) is 0 Å². The molecule has 2 amide bonds. The number of thioether (sulfide) groups is 1. The molecule has 24 heavy (non-hydrogen) atoms. The van der Waals surface area contributed by atoms with Gasteiger partial charge in [0.1, 0.15) is 11.5 Å². The molecule has 9 nitrogen and oxygen atoms in total. The fourth-order valence-corrected chi connectivity index (χ4v) is 2.20. The van der Waals surface area contributed by atoms with Gasteiger partial charge in [-0.05, 0) is 12.1 Å². The molecule has 0 aliphatic heterocycles. The summed E-state index contributed by atoms with van der Waals surface area (Å²) in [4.78, 5) is 22.2. The lowest BCUT2D eigenvalue weighted by molar-refractivity contribution is -0.126. The van der Waals surface area contributed by atoms with Crippen molar-refractivity contribution in [2.24, 2.45) is 0 Å². The van der Waals surface area contributed by atoms with Crippen molar-refractivity contribution in [1.82, 2.24) is 21.0 Å². The summed E-state index contributed by atoms with van der Waals surface area (Å²) in [6, 6.07) is 5.18. The van der Waals surface area contributed by atoms with Gasteiger partial charge in [0.15, 0.2) is 0 Å². The van der Waals surface area contributed by atoms with Crippen LogP contribution in [0.15, 0.2) is 27.8 Å². The molecule has 1 heterocycles. The summed E-state index contributed by atoms with van der Waals surface area (Å²) >= 11 is 1.05. The Balaban J connectivity index is 2.03. The number of carbonyl (C=O) groups excluding carboxylic acids is 2. The minimum Gasteiger partial charge on any atom is -0.497 e. The standard InChI is InChI=1S/C14H16N4O5S/c1-8(19)15-16-12(20)7-24-14-18-17-13(23-14)9-4-10(21-2)6-11(5-9)22-3/h4-6H,7H2,1-3H3,(H,15,19)(H,16,20). The van der Waals surface area contributed by atoms with Crippen molar-refractivity contribution in [3.05, 3.63) is 18.2 Å². The zero-order valence-corrected chi connectivity index (χ0v) is 14.1. The SMILES string of the molecule is COc1cc(OC)cc(-c2nnc(SCC(=O)NNC(C)=O)o2)c1. The number of hydrogen-bond donors (Lipinski definition) is 2. The van der Waals surface area contributed by atoms with E-state index in [4.69, 9.17) is 13.9 Å². The van der Waals surface area contributed by atoms with Crippen LogP contribution in [0.2, 0.25) is 0 Å². The first-order valence-corrected chi connectivity index (χ1v) is 7.75. The normalized spacial score (nSPS) is 10.1. The molecule has 2 N–H and O–H groups in total. The number of nitrogens with zero attached hydrogens (tertiary/aromatic N) is 2. The average molecular weight is 352 g/mol. The van der Waals surface area contributed by atoms with Crippen molar-refractivity contribution in [3.8, 4) is 23.0 Å². The zero-order chi connectivity index (χ0) is 17.5. The van der Waals surface area contributed by atoms with Gasteiger partial charge < -0.3 is 13.9 Å². The molecule has 0 unspecified atom stereocenters. The van der Waals surface area contributed by atoms with E-state index < -0.39 is 5.91 Å². The second-order valence-electron chi connectivity index (χ2n) is 4.49. The van der Waals surface area contributed by atoms with Crippen LogP contribution in [0.1, 0.15) is 6.92 Å². The van der Waals surface area contributed by atoms with Gasteiger partial charge in [0, 0.05) is 18.6 Å². The van der Waals surface area contributed by atoms with Gasteiger partial charge in [0.05, 0.1) is 20.0 Å². The van der Waals surface area contributed by atoms with E-state index in [-0.39, 0.29) is 22.8 Å². The van der Waals surface area contributed by atoms with Crippen LogP contribution in [-0.2, 0) is 9.59 Å². The quantitative estimate of drug-likeness (QED) is 0.585. The first-order chi connectivity index (χ1) is 11.5. The molecular weight excluding hydrogens is 336 g/mol. The highest BCUT2D eigenvalue weighted by Gasteiger charge is 2.13. The lowest BCUT2D eigenvalue weighted by Gasteiger charge is -2.05. The molecule has 0 saturated heterocycles. The van der Waals surface area contributed by atoms with Crippen molar-refractivity contribution in [1.29, 1.82) is 0 Å². The third-order valence-electron chi connectivity index (χ3n) is 2.71. The molecule has 0 bridgehead atoms. The number of aromatic nitrogens is 2. The van der Waals surface area contributed by atoms with Crippen molar-refractivity contribution in [3.63, 3.8) is 0 Å². The monoisotopic (exact) mass is 352 g/mol. The number of carbonyl (C=O) groups is 2. The van der Waals surface area contributed by atoms with E-state index in [1.165, 1.54) is 6.92 Å². The predicted octanol–water partition coefficient (Wildman–Crippen LogP) is 1.01. The Labute approximate surface area is 142 Å². The maximum atomic E-state index is 11.5. The molecule has 0 saturated carbocycles. The summed E-state index contributed by atoms with van der Waals surface area (Å²) in [6.07, 6.45) is 0. The van der Waals surface area contributed by atoms with Crippen molar-refractivity contribution in [2.75, 3.05) is 20.0 Å². The highest BCUT2D eigenvalue weighted by molar-refractivity contribution is 7.99. The van der Waals surface area contributed by atoms with Gasteiger partial charge in [0.2, 0.25) is 17.7 Å². The maximum Gasteiger partial charge on any atom is 0.277 e. The number of ether oxygens (including phenoxy) is 2. The molecular formula is C14H16N4O5S. The Morgan fingerprint density at radius 2 is 1.79 bits per heavy atom. The van der Waals surface area contributed by atoms with Crippen molar-refractivity contribution >= 4 is 23.6 Å². The number of nitrogens with one attached hydrogen (secondary N) is 2. The van der Waals surface area contributed by atoms with E-state index in [9.17, 15) is 9.59 Å². The second kappa shape index (κ2) is 8.20. The Bertz CT molecular complexity index is 711. The van der Waals surface area contributed by atoms with E-state index in [0.29, 0.717) is 17.1 Å². The van der Waals surface area contributed by atoms with Crippen molar-refractivity contribution in [2.45, 2.75) is 12.1 Å². The number of benzene rings is 1. The lowest BCUT2D eigenvalue weighted by Crippen LogP contribution is -2.41. The number of amides is 2. The molecule has 0 atom stereocenters. The third-order valence-corrected chi connectivity index (χ3v) is 3.53. The summed E-state index contributed by atoms with van der Waals surface area (Å²) < 4.78 is 15.9. The molecule has 2 rings (SSSR count). The number of hydrogen-bond acceptors (Lipinski definition) is 8. The Morgan fingerprint density at radius 3 is 2.38 bits per heavy atom.